The van der Waals surface area contributed by atoms with Gasteiger partial charge in [0.2, 0.25) is 11.0 Å². The van der Waals surface area contributed by atoms with Crippen molar-refractivity contribution in [1.29, 1.82) is 0 Å². The number of nitrogens with zero attached hydrogens (tertiary/aromatic N) is 5. The lowest BCUT2D eigenvalue weighted by atomic mass is 10.1. The van der Waals surface area contributed by atoms with Crippen LogP contribution < -0.4 is 9.64 Å². The fourth-order valence-electron chi connectivity index (χ4n) is 3.66. The minimum Gasteiger partial charge on any atom is -0.497 e. The first-order valence-electron chi connectivity index (χ1n) is 11.4. The third kappa shape index (κ3) is 7.29. The number of aromatic nitrogens is 2. The number of methoxy groups -OCH3 is 2. The minimum absolute atomic E-state index is 0.0621. The number of anilines is 1. The van der Waals surface area contributed by atoms with E-state index in [0.29, 0.717) is 65.3 Å². The van der Waals surface area contributed by atoms with E-state index in [4.69, 9.17) is 19.2 Å². The summed E-state index contributed by atoms with van der Waals surface area (Å²) in [6, 6.07) is 7.85. The first-order chi connectivity index (χ1) is 16.5. The predicted molar refractivity (Wildman–Crippen MR) is 130 cm³/mol. The molecule has 0 atom stereocenters. The molecule has 186 valence electrons. The molecule has 1 aromatic heterocycles. The Morgan fingerprint density at radius 3 is 2.59 bits per heavy atom. The number of hydrogen-bond acceptors (Lipinski definition) is 9. The Labute approximate surface area is 204 Å². The molecular weight excluding hydrogens is 458 g/mol. The Bertz CT molecular complexity index is 932. The molecule has 11 heteroatoms. The minimum atomic E-state index is -0.318. The highest BCUT2D eigenvalue weighted by molar-refractivity contribution is 7.09. The van der Waals surface area contributed by atoms with Gasteiger partial charge in [-0.1, -0.05) is 12.1 Å². The summed E-state index contributed by atoms with van der Waals surface area (Å²) in [4.78, 5) is 34.9. The lowest BCUT2D eigenvalue weighted by Crippen LogP contribution is -2.51. The van der Waals surface area contributed by atoms with Gasteiger partial charge >= 0.3 is 6.09 Å². The zero-order valence-electron chi connectivity index (χ0n) is 20.1. The number of benzene rings is 1. The molecule has 0 aliphatic carbocycles. The van der Waals surface area contributed by atoms with Crippen molar-refractivity contribution in [3.05, 3.63) is 35.7 Å². The molecule has 10 nitrogen and oxygen atoms in total. The van der Waals surface area contributed by atoms with E-state index in [0.717, 1.165) is 22.3 Å². The van der Waals surface area contributed by atoms with E-state index in [1.807, 2.05) is 29.2 Å². The molecule has 1 fully saturated rings. The van der Waals surface area contributed by atoms with E-state index >= 15 is 0 Å². The van der Waals surface area contributed by atoms with E-state index < -0.39 is 0 Å². The van der Waals surface area contributed by atoms with Gasteiger partial charge < -0.3 is 28.9 Å². The van der Waals surface area contributed by atoms with Crippen LogP contribution in [0.25, 0.3) is 0 Å². The van der Waals surface area contributed by atoms with Gasteiger partial charge in [-0.25, -0.2) is 9.78 Å². The summed E-state index contributed by atoms with van der Waals surface area (Å²) in [5, 5.41) is 0.773. The normalized spacial score (nSPS) is 13.6. The van der Waals surface area contributed by atoms with Crippen molar-refractivity contribution in [3.63, 3.8) is 0 Å². The van der Waals surface area contributed by atoms with Crippen LogP contribution in [-0.2, 0) is 20.7 Å². The largest absolute Gasteiger partial charge is 0.497 e. The number of amides is 2. The Balaban J connectivity index is 1.55. The zero-order chi connectivity index (χ0) is 24.3. The zero-order valence-corrected chi connectivity index (χ0v) is 20.9. The van der Waals surface area contributed by atoms with Crippen LogP contribution in [0.2, 0.25) is 0 Å². The second-order valence-electron chi connectivity index (χ2n) is 7.82. The molecule has 3 rings (SSSR count). The van der Waals surface area contributed by atoms with Gasteiger partial charge in [-0.2, -0.15) is 4.37 Å². The van der Waals surface area contributed by atoms with Crippen LogP contribution >= 0.6 is 11.5 Å². The molecule has 1 aliphatic heterocycles. The maximum Gasteiger partial charge on any atom is 0.409 e. The molecule has 1 aliphatic rings. The lowest BCUT2D eigenvalue weighted by molar-refractivity contribution is -0.132. The molecule has 2 heterocycles. The quantitative estimate of drug-likeness (QED) is 0.472. The second-order valence-corrected chi connectivity index (χ2v) is 8.55. The van der Waals surface area contributed by atoms with E-state index in [-0.39, 0.29) is 12.0 Å². The molecule has 2 amide bonds. The van der Waals surface area contributed by atoms with Crippen LogP contribution in [0, 0.1) is 0 Å². The number of carbonyl (C=O) groups is 2. The van der Waals surface area contributed by atoms with Gasteiger partial charge in [-0.3, -0.25) is 4.79 Å². The molecule has 1 aromatic carbocycles. The van der Waals surface area contributed by atoms with Crippen LogP contribution in [0.3, 0.4) is 0 Å². The van der Waals surface area contributed by atoms with Crippen molar-refractivity contribution in [2.45, 2.75) is 19.8 Å². The SMILES string of the molecule is CCOC(=O)N1CCN(C(=O)CCN(CCOC)c2nc(Cc3cccc(OC)c3)ns2)CC1. The molecule has 34 heavy (non-hydrogen) atoms. The Morgan fingerprint density at radius 1 is 1.12 bits per heavy atom. The topological polar surface area (TPSA) is 97.3 Å². The number of rotatable bonds is 11. The molecule has 0 saturated carbocycles. The van der Waals surface area contributed by atoms with E-state index in [1.54, 1.807) is 30.9 Å². The van der Waals surface area contributed by atoms with Gasteiger partial charge in [0.1, 0.15) is 11.6 Å². The van der Waals surface area contributed by atoms with Gasteiger partial charge in [0.15, 0.2) is 0 Å². The van der Waals surface area contributed by atoms with E-state index in [1.165, 1.54) is 11.5 Å². The third-order valence-electron chi connectivity index (χ3n) is 5.54. The van der Waals surface area contributed by atoms with Gasteiger partial charge in [-0.05, 0) is 24.6 Å². The van der Waals surface area contributed by atoms with Crippen molar-refractivity contribution < 1.29 is 23.8 Å². The Hall–Kier alpha value is -2.92. The molecule has 0 N–H and O–H groups in total. The predicted octanol–water partition coefficient (Wildman–Crippen LogP) is 2.28. The molecule has 0 unspecified atom stereocenters. The van der Waals surface area contributed by atoms with E-state index in [2.05, 4.69) is 4.37 Å². The van der Waals surface area contributed by atoms with Crippen molar-refractivity contribution in [2.75, 3.05) is 71.6 Å². The number of carbonyl (C=O) groups excluding carboxylic acids is 2. The molecule has 0 spiro atoms. The molecular formula is C23H33N5O5S. The first kappa shape index (κ1) is 25.7. The average Bonchev–Trinajstić information content (AvgIpc) is 3.32. The number of piperazine rings is 1. The average molecular weight is 492 g/mol. The summed E-state index contributed by atoms with van der Waals surface area (Å²) in [5.41, 5.74) is 1.07. The van der Waals surface area contributed by atoms with Crippen molar-refractivity contribution in [1.82, 2.24) is 19.2 Å². The molecule has 0 bridgehead atoms. The highest BCUT2D eigenvalue weighted by atomic mass is 32.1. The number of hydrogen-bond donors (Lipinski definition) is 0. The van der Waals surface area contributed by atoms with Crippen LogP contribution in [0.5, 0.6) is 5.75 Å². The van der Waals surface area contributed by atoms with Gasteiger partial charge in [0, 0.05) is 70.8 Å². The monoisotopic (exact) mass is 491 g/mol. The summed E-state index contributed by atoms with van der Waals surface area (Å²) < 4.78 is 20.1. The maximum absolute atomic E-state index is 12.8. The Kier molecular flexibility index (Phi) is 9.89. The summed E-state index contributed by atoms with van der Waals surface area (Å²) in [6.45, 7) is 5.80. The fourth-order valence-corrected chi connectivity index (χ4v) is 4.39. The second kappa shape index (κ2) is 13.1. The highest BCUT2D eigenvalue weighted by Gasteiger charge is 2.25. The summed E-state index contributed by atoms with van der Waals surface area (Å²) in [6.07, 6.45) is 0.644. The summed E-state index contributed by atoms with van der Waals surface area (Å²) >= 11 is 1.33. The smallest absolute Gasteiger partial charge is 0.409 e. The number of ether oxygens (including phenoxy) is 3. The molecule has 0 radical (unpaired) electrons. The van der Waals surface area contributed by atoms with Crippen molar-refractivity contribution >= 4 is 28.7 Å². The lowest BCUT2D eigenvalue weighted by Gasteiger charge is -2.34. The summed E-state index contributed by atoms with van der Waals surface area (Å²) in [7, 11) is 3.30. The van der Waals surface area contributed by atoms with Crippen molar-refractivity contribution in [2.24, 2.45) is 0 Å². The Morgan fingerprint density at radius 2 is 1.88 bits per heavy atom. The van der Waals surface area contributed by atoms with Crippen LogP contribution in [0.4, 0.5) is 9.93 Å². The summed E-state index contributed by atoms with van der Waals surface area (Å²) in [5.74, 6) is 1.60. The van der Waals surface area contributed by atoms with Gasteiger partial charge in [-0.15, -0.1) is 0 Å². The van der Waals surface area contributed by atoms with Crippen LogP contribution in [0.1, 0.15) is 24.7 Å². The third-order valence-corrected chi connectivity index (χ3v) is 6.36. The molecule has 2 aromatic rings. The molecule has 1 saturated heterocycles. The van der Waals surface area contributed by atoms with Crippen LogP contribution in [0.15, 0.2) is 24.3 Å². The maximum atomic E-state index is 12.8. The van der Waals surface area contributed by atoms with Crippen molar-refractivity contribution in [3.8, 4) is 5.75 Å². The highest BCUT2D eigenvalue weighted by Crippen LogP contribution is 2.21. The van der Waals surface area contributed by atoms with Crippen LogP contribution in [-0.4, -0.2) is 97.9 Å². The standard InChI is InChI=1S/C23H33N5O5S/c1-4-33-23(30)28-12-10-26(11-13-28)21(29)8-9-27(14-15-31-2)22-24-20(25-34-22)17-18-6-5-7-19(16-18)32-3/h5-7,16H,4,8-15,17H2,1-3H3. The van der Waals surface area contributed by atoms with Gasteiger partial charge in [0.25, 0.3) is 0 Å². The first-order valence-corrected chi connectivity index (χ1v) is 12.2. The fraction of sp³-hybridized carbons (Fsp3) is 0.565. The van der Waals surface area contributed by atoms with Gasteiger partial charge in [0.05, 0.1) is 20.3 Å². The van der Waals surface area contributed by atoms with E-state index in [9.17, 15) is 9.59 Å².